The molecule has 2 atom stereocenters. The van der Waals surface area contributed by atoms with Crippen molar-refractivity contribution in [1.29, 1.82) is 0 Å². The van der Waals surface area contributed by atoms with Crippen molar-refractivity contribution in [2.75, 3.05) is 6.54 Å². The summed E-state index contributed by atoms with van der Waals surface area (Å²) in [5, 5.41) is 3.84. The molecular formula is C18H27N. The van der Waals surface area contributed by atoms with Crippen LogP contribution in [0.1, 0.15) is 62.5 Å². The molecule has 2 unspecified atom stereocenters. The van der Waals surface area contributed by atoms with Crippen LogP contribution in [0.25, 0.3) is 0 Å². The van der Waals surface area contributed by atoms with E-state index >= 15 is 0 Å². The number of fused-ring (bicyclic) bond motifs is 1. The van der Waals surface area contributed by atoms with Crippen molar-refractivity contribution in [1.82, 2.24) is 5.32 Å². The van der Waals surface area contributed by atoms with E-state index in [-0.39, 0.29) is 0 Å². The fourth-order valence-corrected chi connectivity index (χ4v) is 4.01. The molecule has 1 heteroatoms. The van der Waals surface area contributed by atoms with Gasteiger partial charge in [0.15, 0.2) is 0 Å². The first-order valence-electron chi connectivity index (χ1n) is 8.19. The smallest absolute Gasteiger partial charge is 0.0101 e. The maximum Gasteiger partial charge on any atom is 0.0101 e. The van der Waals surface area contributed by atoms with Gasteiger partial charge in [-0.1, -0.05) is 44.0 Å². The normalized spacial score (nSPS) is 23.9. The van der Waals surface area contributed by atoms with Crippen molar-refractivity contribution in [2.24, 2.45) is 5.92 Å². The zero-order chi connectivity index (χ0) is 13.1. The summed E-state index contributed by atoms with van der Waals surface area (Å²) in [5.41, 5.74) is 3.22. The van der Waals surface area contributed by atoms with E-state index in [9.17, 15) is 0 Å². The molecule has 1 aromatic rings. The lowest BCUT2D eigenvalue weighted by Crippen LogP contribution is -2.38. The molecule has 2 aliphatic rings. The third kappa shape index (κ3) is 2.86. The third-order valence-electron chi connectivity index (χ3n) is 5.13. The second kappa shape index (κ2) is 6.09. The molecule has 1 N–H and O–H groups in total. The Hall–Kier alpha value is -0.820. The lowest BCUT2D eigenvalue weighted by atomic mass is 9.73. The summed E-state index contributed by atoms with van der Waals surface area (Å²) in [6.07, 6.45) is 9.75. The SMILES string of the molecule is CCCNC(CC1Cc2ccccc21)C1CCCC1. The molecule has 0 heterocycles. The van der Waals surface area contributed by atoms with Crippen LogP contribution in [0.2, 0.25) is 0 Å². The van der Waals surface area contributed by atoms with Crippen LogP contribution >= 0.6 is 0 Å². The van der Waals surface area contributed by atoms with E-state index in [0.29, 0.717) is 0 Å². The highest BCUT2D eigenvalue weighted by atomic mass is 14.9. The quantitative estimate of drug-likeness (QED) is 0.802. The zero-order valence-corrected chi connectivity index (χ0v) is 12.2. The van der Waals surface area contributed by atoms with Crippen LogP contribution < -0.4 is 5.32 Å². The van der Waals surface area contributed by atoms with E-state index in [1.807, 2.05) is 0 Å². The van der Waals surface area contributed by atoms with Gasteiger partial charge in [0.2, 0.25) is 0 Å². The number of benzene rings is 1. The minimum absolute atomic E-state index is 0.765. The molecule has 1 saturated carbocycles. The van der Waals surface area contributed by atoms with Crippen LogP contribution in [0.5, 0.6) is 0 Å². The Kier molecular flexibility index (Phi) is 4.22. The summed E-state index contributed by atoms with van der Waals surface area (Å²) >= 11 is 0. The van der Waals surface area contributed by atoms with Crippen LogP contribution in [0.3, 0.4) is 0 Å². The van der Waals surface area contributed by atoms with Crippen molar-refractivity contribution >= 4 is 0 Å². The molecule has 3 rings (SSSR count). The van der Waals surface area contributed by atoms with Gasteiger partial charge >= 0.3 is 0 Å². The molecule has 1 fully saturated rings. The third-order valence-corrected chi connectivity index (χ3v) is 5.13. The maximum atomic E-state index is 3.84. The topological polar surface area (TPSA) is 12.0 Å². The lowest BCUT2D eigenvalue weighted by molar-refractivity contribution is 0.311. The average molecular weight is 257 g/mol. The van der Waals surface area contributed by atoms with Gasteiger partial charge in [0.25, 0.3) is 0 Å². The van der Waals surface area contributed by atoms with E-state index in [1.54, 1.807) is 11.1 Å². The highest BCUT2D eigenvalue weighted by Gasteiger charge is 2.32. The Morgan fingerprint density at radius 3 is 2.74 bits per heavy atom. The van der Waals surface area contributed by atoms with Gasteiger partial charge in [-0.3, -0.25) is 0 Å². The molecule has 104 valence electrons. The second-order valence-electron chi connectivity index (χ2n) is 6.44. The second-order valence-corrected chi connectivity index (χ2v) is 6.44. The Labute approximate surface area is 117 Å². The van der Waals surface area contributed by atoms with Gasteiger partial charge in [0, 0.05) is 6.04 Å². The molecule has 0 bridgehead atoms. The largest absolute Gasteiger partial charge is 0.314 e. The van der Waals surface area contributed by atoms with Crippen LogP contribution in [0.15, 0.2) is 24.3 Å². The molecule has 0 amide bonds. The molecule has 2 aliphatic carbocycles. The summed E-state index contributed by atoms with van der Waals surface area (Å²) in [5.74, 6) is 1.77. The highest BCUT2D eigenvalue weighted by Crippen LogP contribution is 2.40. The Morgan fingerprint density at radius 1 is 1.21 bits per heavy atom. The van der Waals surface area contributed by atoms with Crippen molar-refractivity contribution in [3.63, 3.8) is 0 Å². The van der Waals surface area contributed by atoms with Gasteiger partial charge in [-0.2, -0.15) is 0 Å². The molecule has 0 spiro atoms. The molecule has 1 nitrogen and oxygen atoms in total. The van der Waals surface area contributed by atoms with E-state index in [2.05, 4.69) is 36.5 Å². The molecule has 0 saturated heterocycles. The minimum atomic E-state index is 0.765. The van der Waals surface area contributed by atoms with Crippen molar-refractivity contribution in [3.8, 4) is 0 Å². The van der Waals surface area contributed by atoms with Crippen LogP contribution in [0, 0.1) is 5.92 Å². The van der Waals surface area contributed by atoms with Crippen LogP contribution in [0.4, 0.5) is 0 Å². The summed E-state index contributed by atoms with van der Waals surface area (Å²) < 4.78 is 0. The monoisotopic (exact) mass is 257 g/mol. The van der Waals surface area contributed by atoms with Gasteiger partial charge < -0.3 is 5.32 Å². The predicted molar refractivity (Wildman–Crippen MR) is 81.5 cm³/mol. The van der Waals surface area contributed by atoms with Crippen molar-refractivity contribution < 1.29 is 0 Å². The minimum Gasteiger partial charge on any atom is -0.314 e. The first-order valence-corrected chi connectivity index (χ1v) is 8.19. The first kappa shape index (κ1) is 13.2. The fraction of sp³-hybridized carbons (Fsp3) is 0.667. The molecule has 0 aliphatic heterocycles. The summed E-state index contributed by atoms with van der Waals surface area (Å²) in [6, 6.07) is 9.79. The number of nitrogens with one attached hydrogen (secondary N) is 1. The molecule has 1 aromatic carbocycles. The number of hydrogen-bond acceptors (Lipinski definition) is 1. The fourth-order valence-electron chi connectivity index (χ4n) is 4.01. The van der Waals surface area contributed by atoms with Gasteiger partial charge in [-0.25, -0.2) is 0 Å². The van der Waals surface area contributed by atoms with E-state index in [1.165, 1.54) is 51.5 Å². The van der Waals surface area contributed by atoms with Gasteiger partial charge in [-0.15, -0.1) is 0 Å². The van der Waals surface area contributed by atoms with Gasteiger partial charge in [0.1, 0.15) is 0 Å². The zero-order valence-electron chi connectivity index (χ0n) is 12.2. The summed E-state index contributed by atoms with van der Waals surface area (Å²) in [7, 11) is 0. The van der Waals surface area contributed by atoms with E-state index in [0.717, 1.165) is 17.9 Å². The lowest BCUT2D eigenvalue weighted by Gasteiger charge is -2.35. The first-order chi connectivity index (χ1) is 9.38. The standard InChI is InChI=1S/C18H27N/c1-2-11-19-18(14-7-3-4-8-14)13-16-12-15-9-5-6-10-17(15)16/h5-6,9-10,14,16,18-19H,2-4,7-8,11-13H2,1H3. The Morgan fingerprint density at radius 2 is 2.00 bits per heavy atom. The average Bonchev–Trinajstić information content (AvgIpc) is 2.93. The highest BCUT2D eigenvalue weighted by molar-refractivity contribution is 5.39. The van der Waals surface area contributed by atoms with E-state index in [4.69, 9.17) is 0 Å². The summed E-state index contributed by atoms with van der Waals surface area (Å²) in [6.45, 7) is 3.47. The number of hydrogen-bond donors (Lipinski definition) is 1. The van der Waals surface area contributed by atoms with Crippen molar-refractivity contribution in [3.05, 3.63) is 35.4 Å². The number of rotatable bonds is 6. The summed E-state index contributed by atoms with van der Waals surface area (Å²) in [4.78, 5) is 0. The van der Waals surface area contributed by atoms with Crippen molar-refractivity contribution in [2.45, 2.75) is 63.8 Å². The molecule has 0 radical (unpaired) electrons. The Balaban J connectivity index is 1.62. The Bertz CT molecular complexity index is 406. The van der Waals surface area contributed by atoms with Crippen LogP contribution in [-0.4, -0.2) is 12.6 Å². The van der Waals surface area contributed by atoms with Crippen LogP contribution in [-0.2, 0) is 6.42 Å². The molecular weight excluding hydrogens is 230 g/mol. The van der Waals surface area contributed by atoms with Gasteiger partial charge in [-0.05, 0) is 61.6 Å². The predicted octanol–water partition coefficient (Wildman–Crippen LogP) is 4.27. The molecule has 0 aromatic heterocycles. The maximum absolute atomic E-state index is 3.84. The van der Waals surface area contributed by atoms with E-state index < -0.39 is 0 Å². The molecule has 19 heavy (non-hydrogen) atoms. The van der Waals surface area contributed by atoms with Gasteiger partial charge in [0.05, 0.1) is 0 Å².